The summed E-state index contributed by atoms with van der Waals surface area (Å²) in [5.74, 6) is -0.0876. The van der Waals surface area contributed by atoms with E-state index in [1.165, 1.54) is 4.90 Å². The lowest BCUT2D eigenvalue weighted by molar-refractivity contribution is -0.768. The standard InChI is InChI=1S/C11H21N3O4/c15-6-3-12-10(17)2-1-5-14-8-9(14)11(18)13-4-7-16/h9,15-16H,1-8H2,(H,12,17)(H,13,18)/p+1/t9-,14?/m1/s1. The van der Waals surface area contributed by atoms with Crippen molar-refractivity contribution in [1.82, 2.24) is 10.6 Å². The first-order valence-electron chi connectivity index (χ1n) is 6.29. The van der Waals surface area contributed by atoms with Crippen molar-refractivity contribution in [3.63, 3.8) is 0 Å². The smallest absolute Gasteiger partial charge is 0.284 e. The first-order chi connectivity index (χ1) is 8.69. The summed E-state index contributed by atoms with van der Waals surface area (Å²) in [6.07, 6.45) is 1.16. The van der Waals surface area contributed by atoms with E-state index < -0.39 is 0 Å². The molecule has 7 nitrogen and oxygen atoms in total. The topological polar surface area (TPSA) is 103 Å². The lowest BCUT2D eigenvalue weighted by atomic mass is 10.3. The molecule has 1 aliphatic rings. The third-order valence-corrected chi connectivity index (χ3v) is 2.86. The van der Waals surface area contributed by atoms with Gasteiger partial charge in [-0.05, 0) is 0 Å². The van der Waals surface area contributed by atoms with Gasteiger partial charge in [0, 0.05) is 25.9 Å². The third-order valence-electron chi connectivity index (χ3n) is 2.86. The summed E-state index contributed by atoms with van der Waals surface area (Å²) in [4.78, 5) is 23.9. The second kappa shape index (κ2) is 8.02. The predicted octanol–water partition coefficient (Wildman–Crippen LogP) is -3.75. The van der Waals surface area contributed by atoms with Gasteiger partial charge in [-0.25, -0.2) is 0 Å². The minimum atomic E-state index is -0.0633. The van der Waals surface area contributed by atoms with Crippen LogP contribution in [0.25, 0.3) is 0 Å². The molecule has 0 bridgehead atoms. The Morgan fingerprint density at radius 3 is 2.50 bits per heavy atom. The molecule has 5 N–H and O–H groups in total. The minimum absolute atomic E-state index is 0.0166. The summed E-state index contributed by atoms with van der Waals surface area (Å²) < 4.78 is 0. The van der Waals surface area contributed by atoms with Crippen molar-refractivity contribution in [2.75, 3.05) is 39.4 Å². The maximum atomic E-state index is 11.5. The molecule has 1 rings (SSSR count). The van der Waals surface area contributed by atoms with E-state index in [1.54, 1.807) is 0 Å². The van der Waals surface area contributed by atoms with Crippen LogP contribution in [0.15, 0.2) is 0 Å². The molecule has 1 unspecified atom stereocenters. The molecule has 0 saturated carbocycles. The van der Waals surface area contributed by atoms with Gasteiger partial charge in [-0.1, -0.05) is 0 Å². The van der Waals surface area contributed by atoms with Crippen molar-refractivity contribution >= 4 is 11.8 Å². The zero-order chi connectivity index (χ0) is 13.4. The van der Waals surface area contributed by atoms with Gasteiger partial charge in [0.2, 0.25) is 11.9 Å². The number of aliphatic hydroxyl groups is 2. The van der Waals surface area contributed by atoms with Crippen LogP contribution in [0.4, 0.5) is 0 Å². The van der Waals surface area contributed by atoms with Gasteiger partial charge in [0.15, 0.2) is 0 Å². The number of nitrogens with one attached hydrogen (secondary N) is 3. The summed E-state index contributed by atoms with van der Waals surface area (Å²) in [6, 6.07) is -0.0166. The number of quaternary nitrogens is 1. The van der Waals surface area contributed by atoms with E-state index in [0.29, 0.717) is 19.5 Å². The van der Waals surface area contributed by atoms with E-state index in [2.05, 4.69) is 10.6 Å². The number of aliphatic hydroxyl groups excluding tert-OH is 2. The van der Waals surface area contributed by atoms with E-state index >= 15 is 0 Å². The van der Waals surface area contributed by atoms with Gasteiger partial charge >= 0.3 is 0 Å². The van der Waals surface area contributed by atoms with Gasteiger partial charge in [0.05, 0.1) is 19.8 Å². The second-order valence-electron chi connectivity index (χ2n) is 4.36. The minimum Gasteiger partial charge on any atom is -0.395 e. The van der Waals surface area contributed by atoms with Crippen LogP contribution < -0.4 is 15.5 Å². The molecule has 0 aliphatic carbocycles. The first-order valence-corrected chi connectivity index (χ1v) is 6.29. The van der Waals surface area contributed by atoms with Crippen LogP contribution >= 0.6 is 0 Å². The van der Waals surface area contributed by atoms with Crippen molar-refractivity contribution in [3.8, 4) is 0 Å². The van der Waals surface area contributed by atoms with Gasteiger partial charge in [-0.3, -0.25) is 9.59 Å². The van der Waals surface area contributed by atoms with Crippen molar-refractivity contribution < 1.29 is 24.7 Å². The molecule has 2 amide bonds. The number of amides is 2. The molecule has 0 aromatic heterocycles. The summed E-state index contributed by atoms with van der Waals surface area (Å²) in [7, 11) is 0. The van der Waals surface area contributed by atoms with Crippen molar-refractivity contribution in [2.24, 2.45) is 0 Å². The van der Waals surface area contributed by atoms with E-state index in [0.717, 1.165) is 19.5 Å². The predicted molar refractivity (Wildman–Crippen MR) is 63.9 cm³/mol. The zero-order valence-corrected chi connectivity index (χ0v) is 10.4. The summed E-state index contributed by atoms with van der Waals surface area (Å²) in [5, 5.41) is 22.3. The molecule has 1 heterocycles. The maximum absolute atomic E-state index is 11.5. The van der Waals surface area contributed by atoms with E-state index in [4.69, 9.17) is 10.2 Å². The normalized spacial score (nSPS) is 21.4. The fourth-order valence-electron chi connectivity index (χ4n) is 1.82. The Kier molecular flexibility index (Phi) is 6.63. The Balaban J connectivity index is 2.02. The van der Waals surface area contributed by atoms with Crippen LogP contribution in [0.5, 0.6) is 0 Å². The highest BCUT2D eigenvalue weighted by Crippen LogP contribution is 1.92. The number of hydrogen-bond donors (Lipinski definition) is 5. The van der Waals surface area contributed by atoms with E-state index in [-0.39, 0.29) is 31.1 Å². The van der Waals surface area contributed by atoms with Gasteiger partial charge in [-0.2, -0.15) is 0 Å². The van der Waals surface area contributed by atoms with Crippen LogP contribution in [0.3, 0.4) is 0 Å². The van der Waals surface area contributed by atoms with Gasteiger partial charge in [-0.15, -0.1) is 0 Å². The molecule has 7 heteroatoms. The summed E-state index contributed by atoms with van der Waals surface area (Å²) in [5.41, 5.74) is 0. The van der Waals surface area contributed by atoms with Crippen molar-refractivity contribution in [1.29, 1.82) is 0 Å². The Morgan fingerprint density at radius 1 is 1.17 bits per heavy atom. The molecule has 18 heavy (non-hydrogen) atoms. The Hall–Kier alpha value is -1.18. The van der Waals surface area contributed by atoms with E-state index in [1.807, 2.05) is 0 Å². The lowest BCUT2D eigenvalue weighted by Crippen LogP contribution is -2.95. The fraction of sp³-hybridized carbons (Fsp3) is 0.818. The quantitative estimate of drug-likeness (QED) is 0.275. The highest BCUT2D eigenvalue weighted by molar-refractivity contribution is 5.82. The van der Waals surface area contributed by atoms with Crippen molar-refractivity contribution in [2.45, 2.75) is 18.9 Å². The molecule has 2 atom stereocenters. The molecule has 1 saturated heterocycles. The van der Waals surface area contributed by atoms with Gasteiger partial charge < -0.3 is 25.7 Å². The summed E-state index contributed by atoms with van der Waals surface area (Å²) >= 11 is 0. The fourth-order valence-corrected chi connectivity index (χ4v) is 1.82. The molecule has 0 aromatic rings. The van der Waals surface area contributed by atoms with Crippen LogP contribution in [-0.2, 0) is 9.59 Å². The Labute approximate surface area is 106 Å². The second-order valence-corrected chi connectivity index (χ2v) is 4.36. The van der Waals surface area contributed by atoms with Crippen LogP contribution in [-0.4, -0.2) is 67.5 Å². The van der Waals surface area contributed by atoms with Crippen LogP contribution in [0, 0.1) is 0 Å². The van der Waals surface area contributed by atoms with Gasteiger partial charge in [0.25, 0.3) is 5.91 Å². The molecule has 1 fully saturated rings. The zero-order valence-electron chi connectivity index (χ0n) is 10.4. The average Bonchev–Trinajstić information content (AvgIpc) is 3.13. The highest BCUT2D eigenvalue weighted by Gasteiger charge is 2.45. The van der Waals surface area contributed by atoms with Crippen LogP contribution in [0.2, 0.25) is 0 Å². The molecule has 1 aliphatic heterocycles. The third kappa shape index (κ3) is 5.44. The molecule has 0 aromatic carbocycles. The van der Waals surface area contributed by atoms with E-state index in [9.17, 15) is 9.59 Å². The maximum Gasteiger partial charge on any atom is 0.284 e. The lowest BCUT2D eigenvalue weighted by Gasteiger charge is -2.03. The molecule has 104 valence electrons. The summed E-state index contributed by atoms with van der Waals surface area (Å²) in [6.45, 7) is 2.10. The molecule has 0 spiro atoms. The highest BCUT2D eigenvalue weighted by atomic mass is 16.3. The SMILES string of the molecule is O=C(CCC[NH+]1C[C@@H]1C(=O)NCCO)NCCO. The number of carbonyl (C=O) groups is 2. The number of hydrogen-bond acceptors (Lipinski definition) is 4. The number of rotatable bonds is 9. The Morgan fingerprint density at radius 2 is 1.83 bits per heavy atom. The largest absolute Gasteiger partial charge is 0.395 e. The Bertz CT molecular complexity index is 285. The number of carbonyl (C=O) groups excluding carboxylic acids is 2. The van der Waals surface area contributed by atoms with Gasteiger partial charge in [0.1, 0.15) is 6.54 Å². The molecule has 0 radical (unpaired) electrons. The molecular weight excluding hydrogens is 238 g/mol. The molecular formula is C11H22N3O4+. The average molecular weight is 260 g/mol. The monoisotopic (exact) mass is 260 g/mol. The van der Waals surface area contributed by atoms with Crippen LogP contribution in [0.1, 0.15) is 12.8 Å². The first kappa shape index (κ1) is 14.9. The van der Waals surface area contributed by atoms with Crippen molar-refractivity contribution in [3.05, 3.63) is 0 Å².